The molecule has 7 heteroatoms. The minimum atomic E-state index is -0.866. The molecule has 0 saturated heterocycles. The van der Waals surface area contributed by atoms with Gasteiger partial charge in [-0.15, -0.1) is 0 Å². The van der Waals surface area contributed by atoms with E-state index >= 15 is 0 Å². The Kier molecular flexibility index (Phi) is 8.82. The van der Waals surface area contributed by atoms with Crippen molar-refractivity contribution in [2.45, 2.75) is 76.5 Å². The van der Waals surface area contributed by atoms with Gasteiger partial charge in [-0.1, -0.05) is 72.8 Å². The lowest BCUT2D eigenvalue weighted by molar-refractivity contribution is -0.163. The second kappa shape index (κ2) is 12.7. The molecule has 0 aromatic heterocycles. The quantitative estimate of drug-likeness (QED) is 0.400. The van der Waals surface area contributed by atoms with E-state index in [0.717, 1.165) is 33.6 Å². The molecule has 1 aliphatic carbocycles. The molecule has 2 atom stereocenters. The largest absolute Gasteiger partial charge is 0.488 e. The Morgan fingerprint density at radius 2 is 1.62 bits per heavy atom. The number of rotatable bonds is 8. The van der Waals surface area contributed by atoms with Crippen molar-refractivity contribution in [1.29, 1.82) is 0 Å². The molecule has 5 rings (SSSR count). The predicted octanol–water partition coefficient (Wildman–Crippen LogP) is 5.06. The Labute approximate surface area is 235 Å². The lowest BCUT2D eigenvalue weighted by Crippen LogP contribution is -2.51. The fourth-order valence-electron chi connectivity index (χ4n) is 5.70. The third-order valence-electron chi connectivity index (χ3n) is 7.95. The topological polar surface area (TPSA) is 85.3 Å². The number of aryl methyl sites for hydroxylation is 1. The highest BCUT2D eigenvalue weighted by atomic mass is 16.5. The highest BCUT2D eigenvalue weighted by Gasteiger charge is 2.41. The number of hydrogen-bond acceptors (Lipinski definition) is 6. The first-order chi connectivity index (χ1) is 19.4. The van der Waals surface area contributed by atoms with Crippen molar-refractivity contribution in [3.63, 3.8) is 0 Å². The zero-order valence-corrected chi connectivity index (χ0v) is 23.1. The molecule has 1 saturated carbocycles. The number of fused-ring (bicyclic) bond motifs is 1. The Balaban J connectivity index is 1.45. The number of carbonyl (C=O) groups excluding carboxylic acids is 2. The Bertz CT molecular complexity index is 1300. The van der Waals surface area contributed by atoms with Crippen molar-refractivity contribution in [2.75, 3.05) is 7.11 Å². The van der Waals surface area contributed by atoms with Crippen LogP contribution in [0.25, 0.3) is 0 Å². The number of esters is 1. The lowest BCUT2D eigenvalue weighted by atomic mass is 9.90. The number of benzene rings is 3. The molecule has 0 radical (unpaired) electrons. The first-order valence-electron chi connectivity index (χ1n) is 14.0. The van der Waals surface area contributed by atoms with Crippen LogP contribution in [0.3, 0.4) is 0 Å². The van der Waals surface area contributed by atoms with Crippen molar-refractivity contribution < 1.29 is 28.9 Å². The first kappa shape index (κ1) is 27.9. The van der Waals surface area contributed by atoms with E-state index in [-0.39, 0.29) is 31.1 Å². The first-order valence-corrected chi connectivity index (χ1v) is 14.0. The van der Waals surface area contributed by atoms with Gasteiger partial charge < -0.3 is 24.2 Å². The maximum Gasteiger partial charge on any atom is 0.328 e. The van der Waals surface area contributed by atoms with Gasteiger partial charge in [0.25, 0.3) is 5.91 Å². The zero-order valence-electron chi connectivity index (χ0n) is 23.1. The Morgan fingerprint density at radius 3 is 2.30 bits per heavy atom. The fraction of sp³-hybridized carbons (Fsp3) is 0.394. The maximum absolute atomic E-state index is 14.3. The van der Waals surface area contributed by atoms with E-state index in [1.807, 2.05) is 79.7 Å². The molecule has 7 nitrogen and oxygen atoms in total. The second-order valence-corrected chi connectivity index (χ2v) is 10.7. The van der Waals surface area contributed by atoms with Gasteiger partial charge >= 0.3 is 5.97 Å². The maximum atomic E-state index is 14.3. The molecule has 0 bridgehead atoms. The van der Waals surface area contributed by atoms with Gasteiger partial charge in [-0.05, 0) is 54.9 Å². The second-order valence-electron chi connectivity index (χ2n) is 10.7. The molecule has 3 aromatic carbocycles. The molecular weight excluding hydrogens is 506 g/mol. The van der Waals surface area contributed by atoms with Crippen LogP contribution in [0.4, 0.5) is 0 Å². The number of aliphatic hydroxyl groups is 1. The average molecular weight is 544 g/mol. The van der Waals surface area contributed by atoms with E-state index in [9.17, 15) is 14.7 Å². The van der Waals surface area contributed by atoms with E-state index in [1.165, 1.54) is 7.11 Å². The van der Waals surface area contributed by atoms with Crippen molar-refractivity contribution >= 4 is 11.9 Å². The van der Waals surface area contributed by atoms with E-state index in [0.29, 0.717) is 32.3 Å². The summed E-state index contributed by atoms with van der Waals surface area (Å²) in [5, 5.41) is 9.96. The lowest BCUT2D eigenvalue weighted by Gasteiger charge is -2.39. The summed E-state index contributed by atoms with van der Waals surface area (Å²) >= 11 is 0. The molecule has 2 aliphatic rings. The number of nitrogens with zero attached hydrogens (tertiary/aromatic N) is 1. The number of aliphatic hydroxyl groups excluding tert-OH is 1. The highest BCUT2D eigenvalue weighted by molar-refractivity contribution is 5.88. The summed E-state index contributed by atoms with van der Waals surface area (Å²) in [6, 6.07) is 22.6. The van der Waals surface area contributed by atoms with E-state index in [2.05, 4.69) is 0 Å². The summed E-state index contributed by atoms with van der Waals surface area (Å²) in [4.78, 5) is 29.0. The molecule has 3 aromatic rings. The van der Waals surface area contributed by atoms with Crippen molar-refractivity contribution in [1.82, 2.24) is 4.90 Å². The molecule has 1 fully saturated rings. The van der Waals surface area contributed by atoms with Crippen molar-refractivity contribution in [3.8, 4) is 5.75 Å². The number of ether oxygens (including phenoxy) is 3. The van der Waals surface area contributed by atoms with Crippen LogP contribution in [-0.4, -0.2) is 47.2 Å². The summed E-state index contributed by atoms with van der Waals surface area (Å²) in [7, 11) is 1.35. The van der Waals surface area contributed by atoms with Crippen molar-refractivity contribution in [3.05, 3.63) is 101 Å². The SMILES string of the molecule is COC(=O)C1Cc2c(ccc(C)c2OCc2ccccc2)CN1C(=O)C(OC1CCC(O)CC1)c1ccccc1. The standard InChI is InChI=1S/C33H37NO6/c1-22-13-14-25-20-34(29(33(37)38-2)19-28(25)30(22)39-21-23-9-5-3-6-10-23)32(36)31(24-11-7-4-8-12-24)40-27-17-15-26(35)16-18-27/h3-14,26-27,29,31,35H,15-21H2,1-2H3. The molecule has 1 N–H and O–H groups in total. The average Bonchev–Trinajstić information content (AvgIpc) is 3.00. The third kappa shape index (κ3) is 6.21. The molecular formula is C33H37NO6. The third-order valence-corrected chi connectivity index (χ3v) is 7.95. The van der Waals surface area contributed by atoms with Crippen LogP contribution >= 0.6 is 0 Å². The van der Waals surface area contributed by atoms with Gasteiger partial charge in [-0.2, -0.15) is 0 Å². The monoisotopic (exact) mass is 543 g/mol. The van der Waals surface area contributed by atoms with Crippen LogP contribution in [0.1, 0.15) is 59.6 Å². The smallest absolute Gasteiger partial charge is 0.328 e. The van der Waals surface area contributed by atoms with Gasteiger partial charge in [0.15, 0.2) is 6.10 Å². The highest BCUT2D eigenvalue weighted by Crippen LogP contribution is 2.37. The molecule has 40 heavy (non-hydrogen) atoms. The van der Waals surface area contributed by atoms with E-state index in [4.69, 9.17) is 14.2 Å². The Morgan fingerprint density at radius 1 is 0.950 bits per heavy atom. The fourth-order valence-corrected chi connectivity index (χ4v) is 5.70. The predicted molar refractivity (Wildman–Crippen MR) is 151 cm³/mol. The summed E-state index contributed by atoms with van der Waals surface area (Å²) in [5.74, 6) is 0.00629. The van der Waals surface area contributed by atoms with Gasteiger partial charge in [-0.3, -0.25) is 4.79 Å². The number of methoxy groups -OCH3 is 1. The zero-order chi connectivity index (χ0) is 28.1. The van der Waals surface area contributed by atoms with Gasteiger partial charge in [0.2, 0.25) is 0 Å². The number of carbonyl (C=O) groups is 2. The van der Waals surface area contributed by atoms with Crippen LogP contribution in [0.2, 0.25) is 0 Å². The summed E-state index contributed by atoms with van der Waals surface area (Å²) < 4.78 is 17.9. The van der Waals surface area contributed by atoms with Crippen LogP contribution in [0.5, 0.6) is 5.75 Å². The number of amides is 1. The van der Waals surface area contributed by atoms with Crippen LogP contribution < -0.4 is 4.74 Å². The van der Waals surface area contributed by atoms with Crippen LogP contribution in [0.15, 0.2) is 72.8 Å². The van der Waals surface area contributed by atoms with Crippen LogP contribution in [0, 0.1) is 6.92 Å². The van der Waals surface area contributed by atoms with Crippen molar-refractivity contribution in [2.24, 2.45) is 0 Å². The summed E-state index contributed by atoms with van der Waals surface area (Å²) in [6.45, 7) is 2.64. The molecule has 2 unspecified atom stereocenters. The van der Waals surface area contributed by atoms with E-state index in [1.54, 1.807) is 4.90 Å². The Hall–Kier alpha value is -3.68. The summed E-state index contributed by atoms with van der Waals surface area (Å²) in [5.41, 5.74) is 4.63. The molecule has 210 valence electrons. The molecule has 1 amide bonds. The normalized spacial score (nSPS) is 21.3. The molecule has 1 heterocycles. The van der Waals surface area contributed by atoms with Gasteiger partial charge in [0.1, 0.15) is 18.4 Å². The van der Waals surface area contributed by atoms with Gasteiger partial charge in [0.05, 0.1) is 19.3 Å². The molecule has 1 aliphatic heterocycles. The van der Waals surface area contributed by atoms with Gasteiger partial charge in [-0.25, -0.2) is 4.79 Å². The minimum absolute atomic E-state index is 0.146. The van der Waals surface area contributed by atoms with Crippen LogP contribution in [-0.2, 0) is 38.6 Å². The molecule has 0 spiro atoms. The van der Waals surface area contributed by atoms with Gasteiger partial charge in [0, 0.05) is 18.5 Å². The summed E-state index contributed by atoms with van der Waals surface area (Å²) in [6.07, 6.45) is 1.61. The minimum Gasteiger partial charge on any atom is -0.488 e. The van der Waals surface area contributed by atoms with E-state index < -0.39 is 18.1 Å². The number of hydrogen-bond donors (Lipinski definition) is 1.